The van der Waals surface area contributed by atoms with Crippen molar-refractivity contribution in [3.8, 4) is 0 Å². The maximum absolute atomic E-state index is 11.9. The number of nitrogens with zero attached hydrogens (tertiary/aromatic N) is 2. The van der Waals surface area contributed by atoms with Crippen LogP contribution in [0.1, 0.15) is 10.4 Å². The molecule has 0 aliphatic rings. The SMILES string of the molecule is CN(C)CCNC(=O)c1ccc(Nc2ccc(Br)cc2)nc1. The Hall–Kier alpha value is -1.92. The zero-order valence-corrected chi connectivity index (χ0v) is 14.2. The van der Waals surface area contributed by atoms with Gasteiger partial charge in [-0.05, 0) is 50.5 Å². The van der Waals surface area contributed by atoms with Gasteiger partial charge >= 0.3 is 0 Å². The number of amides is 1. The van der Waals surface area contributed by atoms with Crippen molar-refractivity contribution in [3.63, 3.8) is 0 Å². The van der Waals surface area contributed by atoms with Gasteiger partial charge in [0.05, 0.1) is 5.56 Å². The lowest BCUT2D eigenvalue weighted by Gasteiger charge is -2.10. The van der Waals surface area contributed by atoms with E-state index in [2.05, 4.69) is 31.5 Å². The molecule has 0 unspecified atom stereocenters. The highest BCUT2D eigenvalue weighted by Crippen LogP contribution is 2.17. The van der Waals surface area contributed by atoms with E-state index < -0.39 is 0 Å². The second-order valence-corrected chi connectivity index (χ2v) is 6.04. The Balaban J connectivity index is 1.92. The summed E-state index contributed by atoms with van der Waals surface area (Å²) in [4.78, 5) is 18.2. The summed E-state index contributed by atoms with van der Waals surface area (Å²) in [7, 11) is 3.94. The fourth-order valence-electron chi connectivity index (χ4n) is 1.78. The highest BCUT2D eigenvalue weighted by Gasteiger charge is 2.06. The summed E-state index contributed by atoms with van der Waals surface area (Å²) >= 11 is 3.39. The van der Waals surface area contributed by atoms with Crippen molar-refractivity contribution < 1.29 is 4.79 Å². The lowest BCUT2D eigenvalue weighted by atomic mass is 10.2. The number of halogens is 1. The molecule has 1 aromatic carbocycles. The first-order valence-electron chi connectivity index (χ1n) is 6.96. The number of hydrogen-bond donors (Lipinski definition) is 2. The van der Waals surface area contributed by atoms with E-state index in [4.69, 9.17) is 0 Å². The molecule has 2 N–H and O–H groups in total. The summed E-state index contributed by atoms with van der Waals surface area (Å²) in [5.74, 6) is 0.594. The van der Waals surface area contributed by atoms with Crippen molar-refractivity contribution in [1.82, 2.24) is 15.2 Å². The minimum atomic E-state index is -0.107. The van der Waals surface area contributed by atoms with Gasteiger partial charge in [-0.25, -0.2) is 4.98 Å². The summed E-state index contributed by atoms with van der Waals surface area (Å²) < 4.78 is 1.02. The van der Waals surface area contributed by atoms with Crippen LogP contribution in [0.3, 0.4) is 0 Å². The molecule has 0 radical (unpaired) electrons. The summed E-state index contributed by atoms with van der Waals surface area (Å²) in [6.07, 6.45) is 1.58. The number of pyridine rings is 1. The Morgan fingerprint density at radius 2 is 1.91 bits per heavy atom. The van der Waals surface area contributed by atoms with Crippen LogP contribution < -0.4 is 10.6 Å². The summed E-state index contributed by atoms with van der Waals surface area (Å²) in [6, 6.07) is 11.4. The molecule has 6 heteroatoms. The van der Waals surface area contributed by atoms with Crippen molar-refractivity contribution in [2.24, 2.45) is 0 Å². The number of likely N-dealkylation sites (N-methyl/N-ethyl adjacent to an activating group) is 1. The number of benzene rings is 1. The number of anilines is 2. The van der Waals surface area contributed by atoms with E-state index in [1.807, 2.05) is 43.3 Å². The smallest absolute Gasteiger partial charge is 0.252 e. The van der Waals surface area contributed by atoms with Gasteiger partial charge in [-0.1, -0.05) is 15.9 Å². The first kappa shape index (κ1) is 16.5. The van der Waals surface area contributed by atoms with Crippen molar-refractivity contribution in [2.45, 2.75) is 0 Å². The van der Waals surface area contributed by atoms with Gasteiger partial charge in [-0.2, -0.15) is 0 Å². The Morgan fingerprint density at radius 3 is 2.50 bits per heavy atom. The minimum Gasteiger partial charge on any atom is -0.351 e. The zero-order chi connectivity index (χ0) is 15.9. The van der Waals surface area contributed by atoms with Crippen molar-refractivity contribution in [3.05, 3.63) is 52.6 Å². The third kappa shape index (κ3) is 5.13. The Labute approximate surface area is 138 Å². The topological polar surface area (TPSA) is 57.3 Å². The predicted octanol–water partition coefficient (Wildman–Crippen LogP) is 2.88. The second-order valence-electron chi connectivity index (χ2n) is 5.12. The monoisotopic (exact) mass is 362 g/mol. The normalized spacial score (nSPS) is 10.5. The van der Waals surface area contributed by atoms with E-state index in [0.717, 1.165) is 16.7 Å². The van der Waals surface area contributed by atoms with Crippen LogP contribution in [0, 0.1) is 0 Å². The van der Waals surface area contributed by atoms with Crippen LogP contribution in [0.4, 0.5) is 11.5 Å². The predicted molar refractivity (Wildman–Crippen MR) is 92.5 cm³/mol. The molecule has 0 fully saturated rings. The van der Waals surface area contributed by atoms with Gasteiger partial charge in [0.2, 0.25) is 0 Å². The van der Waals surface area contributed by atoms with Crippen LogP contribution in [-0.4, -0.2) is 43.0 Å². The molecular formula is C16H19BrN4O. The van der Waals surface area contributed by atoms with E-state index in [9.17, 15) is 4.79 Å². The fourth-order valence-corrected chi connectivity index (χ4v) is 2.04. The number of nitrogens with one attached hydrogen (secondary N) is 2. The van der Waals surface area contributed by atoms with Crippen LogP contribution in [0.15, 0.2) is 47.1 Å². The van der Waals surface area contributed by atoms with E-state index in [0.29, 0.717) is 17.9 Å². The van der Waals surface area contributed by atoms with E-state index in [-0.39, 0.29) is 5.91 Å². The van der Waals surface area contributed by atoms with Crippen LogP contribution >= 0.6 is 15.9 Å². The molecular weight excluding hydrogens is 344 g/mol. The molecule has 0 saturated carbocycles. The van der Waals surface area contributed by atoms with Crippen molar-refractivity contribution in [1.29, 1.82) is 0 Å². The average Bonchev–Trinajstić information content (AvgIpc) is 2.50. The van der Waals surface area contributed by atoms with Crippen molar-refractivity contribution >= 4 is 33.3 Å². The maximum atomic E-state index is 11.9. The Bertz CT molecular complexity index is 611. The summed E-state index contributed by atoms with van der Waals surface area (Å²) in [5, 5.41) is 6.04. The number of hydrogen-bond acceptors (Lipinski definition) is 4. The third-order valence-electron chi connectivity index (χ3n) is 2.99. The molecule has 22 heavy (non-hydrogen) atoms. The second kappa shape index (κ2) is 7.91. The van der Waals surface area contributed by atoms with E-state index >= 15 is 0 Å². The molecule has 1 heterocycles. The van der Waals surface area contributed by atoms with Crippen LogP contribution in [0.5, 0.6) is 0 Å². The van der Waals surface area contributed by atoms with E-state index in [1.165, 1.54) is 0 Å². The highest BCUT2D eigenvalue weighted by molar-refractivity contribution is 9.10. The summed E-state index contributed by atoms with van der Waals surface area (Å²) in [6.45, 7) is 1.42. The molecule has 0 atom stereocenters. The zero-order valence-electron chi connectivity index (χ0n) is 12.6. The van der Waals surface area contributed by atoms with Gasteiger partial charge in [0.1, 0.15) is 5.82 Å². The molecule has 2 rings (SSSR count). The first-order chi connectivity index (χ1) is 10.5. The molecule has 2 aromatic rings. The number of carbonyl (C=O) groups excluding carboxylic acids is 1. The van der Waals surface area contributed by atoms with Gasteiger partial charge in [0.15, 0.2) is 0 Å². The van der Waals surface area contributed by atoms with E-state index in [1.54, 1.807) is 18.3 Å². The number of carbonyl (C=O) groups is 1. The molecule has 0 saturated heterocycles. The Kier molecular flexibility index (Phi) is 5.91. The third-order valence-corrected chi connectivity index (χ3v) is 3.52. The maximum Gasteiger partial charge on any atom is 0.252 e. The molecule has 5 nitrogen and oxygen atoms in total. The number of aromatic nitrogens is 1. The first-order valence-corrected chi connectivity index (χ1v) is 7.75. The van der Waals surface area contributed by atoms with Gasteiger partial charge in [-0.3, -0.25) is 4.79 Å². The fraction of sp³-hybridized carbons (Fsp3) is 0.250. The minimum absolute atomic E-state index is 0.107. The van der Waals surface area contributed by atoms with Gasteiger partial charge in [0.25, 0.3) is 5.91 Å². The molecule has 1 amide bonds. The molecule has 0 spiro atoms. The van der Waals surface area contributed by atoms with Crippen LogP contribution in [0.2, 0.25) is 0 Å². The van der Waals surface area contributed by atoms with Crippen LogP contribution in [0.25, 0.3) is 0 Å². The Morgan fingerprint density at radius 1 is 1.18 bits per heavy atom. The quantitative estimate of drug-likeness (QED) is 0.829. The lowest BCUT2D eigenvalue weighted by Crippen LogP contribution is -2.31. The largest absolute Gasteiger partial charge is 0.351 e. The molecule has 0 aliphatic carbocycles. The highest BCUT2D eigenvalue weighted by atomic mass is 79.9. The average molecular weight is 363 g/mol. The van der Waals surface area contributed by atoms with Gasteiger partial charge in [0, 0.05) is 29.4 Å². The molecule has 0 aliphatic heterocycles. The molecule has 116 valence electrons. The van der Waals surface area contributed by atoms with Crippen LogP contribution in [-0.2, 0) is 0 Å². The molecule has 0 bridgehead atoms. The number of rotatable bonds is 6. The van der Waals surface area contributed by atoms with Crippen molar-refractivity contribution in [2.75, 3.05) is 32.5 Å². The summed E-state index contributed by atoms with van der Waals surface area (Å²) in [5.41, 5.74) is 1.50. The van der Waals surface area contributed by atoms with Gasteiger partial charge in [-0.15, -0.1) is 0 Å². The van der Waals surface area contributed by atoms with Gasteiger partial charge < -0.3 is 15.5 Å². The standard InChI is InChI=1S/C16H19BrN4O/c1-21(2)10-9-18-16(22)12-3-8-15(19-11-12)20-14-6-4-13(17)5-7-14/h3-8,11H,9-10H2,1-2H3,(H,18,22)(H,19,20). The lowest BCUT2D eigenvalue weighted by molar-refractivity contribution is 0.0950. The molecule has 1 aromatic heterocycles.